The highest BCUT2D eigenvalue weighted by Gasteiger charge is 2.29. The second kappa shape index (κ2) is 7.65. The van der Waals surface area contributed by atoms with Gasteiger partial charge in [-0.3, -0.25) is 9.69 Å². The Balaban J connectivity index is 1.36. The zero-order valence-electron chi connectivity index (χ0n) is 14.9. The standard InChI is InChI=1S/C20H28N2O3/c23-20(22-10-3-1-2-4-11-22)17-6-5-9-21(14-17)13-16-7-8-18-19(12-16)25-15-24-18/h7-8,12,17H,1-6,9-11,13-15H2/t17-/m0/s1. The summed E-state index contributed by atoms with van der Waals surface area (Å²) in [5.74, 6) is 2.22. The Kier molecular flexibility index (Phi) is 5.11. The van der Waals surface area contributed by atoms with Crippen LogP contribution in [0.25, 0.3) is 0 Å². The van der Waals surface area contributed by atoms with E-state index in [4.69, 9.17) is 9.47 Å². The van der Waals surface area contributed by atoms with Crippen LogP contribution in [0.15, 0.2) is 18.2 Å². The number of piperidine rings is 1. The third-order valence-corrected chi connectivity index (χ3v) is 5.62. The molecule has 1 amide bonds. The molecule has 136 valence electrons. The fourth-order valence-electron chi connectivity index (χ4n) is 4.25. The third-order valence-electron chi connectivity index (χ3n) is 5.62. The van der Waals surface area contributed by atoms with Crippen LogP contribution in [0.5, 0.6) is 11.5 Å². The van der Waals surface area contributed by atoms with Crippen LogP contribution >= 0.6 is 0 Å². The van der Waals surface area contributed by atoms with Crippen LogP contribution in [0, 0.1) is 5.92 Å². The molecule has 5 heteroatoms. The Hall–Kier alpha value is -1.75. The minimum atomic E-state index is 0.167. The molecule has 5 nitrogen and oxygen atoms in total. The maximum absolute atomic E-state index is 12.9. The summed E-state index contributed by atoms with van der Waals surface area (Å²) in [7, 11) is 0. The second-order valence-electron chi connectivity index (χ2n) is 7.50. The Morgan fingerprint density at radius 3 is 2.64 bits per heavy atom. The average molecular weight is 344 g/mol. The lowest BCUT2D eigenvalue weighted by Crippen LogP contribution is -2.44. The molecule has 0 spiro atoms. The molecule has 0 aromatic heterocycles. The Morgan fingerprint density at radius 1 is 1.00 bits per heavy atom. The highest BCUT2D eigenvalue weighted by Crippen LogP contribution is 2.33. The number of nitrogens with zero attached hydrogens (tertiary/aromatic N) is 2. The smallest absolute Gasteiger partial charge is 0.231 e. The number of likely N-dealkylation sites (tertiary alicyclic amines) is 2. The molecule has 4 rings (SSSR count). The number of carbonyl (C=O) groups excluding carboxylic acids is 1. The fraction of sp³-hybridized carbons (Fsp3) is 0.650. The van der Waals surface area contributed by atoms with Gasteiger partial charge in [0, 0.05) is 26.2 Å². The van der Waals surface area contributed by atoms with Gasteiger partial charge in [-0.25, -0.2) is 0 Å². The highest BCUT2D eigenvalue weighted by atomic mass is 16.7. The number of fused-ring (bicyclic) bond motifs is 1. The first-order chi connectivity index (χ1) is 12.3. The number of rotatable bonds is 3. The van der Waals surface area contributed by atoms with Gasteiger partial charge in [0.05, 0.1) is 5.92 Å². The maximum Gasteiger partial charge on any atom is 0.231 e. The Bertz CT molecular complexity index is 611. The lowest BCUT2D eigenvalue weighted by Gasteiger charge is -2.34. The van der Waals surface area contributed by atoms with Crippen LogP contribution < -0.4 is 9.47 Å². The van der Waals surface area contributed by atoms with Gasteiger partial charge in [0.15, 0.2) is 11.5 Å². The van der Waals surface area contributed by atoms with Gasteiger partial charge in [0.1, 0.15) is 0 Å². The van der Waals surface area contributed by atoms with E-state index in [2.05, 4.69) is 21.9 Å². The summed E-state index contributed by atoms with van der Waals surface area (Å²) in [6, 6.07) is 6.16. The average Bonchev–Trinajstić information content (AvgIpc) is 2.93. The normalized spacial score (nSPS) is 24.2. The lowest BCUT2D eigenvalue weighted by atomic mass is 9.96. The molecule has 3 heterocycles. The number of carbonyl (C=O) groups is 1. The third kappa shape index (κ3) is 3.92. The molecular weight excluding hydrogens is 316 g/mol. The summed E-state index contributed by atoms with van der Waals surface area (Å²) < 4.78 is 10.9. The molecule has 1 atom stereocenters. The molecular formula is C20H28N2O3. The monoisotopic (exact) mass is 344 g/mol. The van der Waals surface area contributed by atoms with E-state index in [1.807, 2.05) is 6.07 Å². The number of hydrogen-bond acceptors (Lipinski definition) is 4. The number of amides is 1. The van der Waals surface area contributed by atoms with Crippen LogP contribution in [-0.2, 0) is 11.3 Å². The summed E-state index contributed by atoms with van der Waals surface area (Å²) >= 11 is 0. The van der Waals surface area contributed by atoms with Crippen molar-refractivity contribution in [1.29, 1.82) is 0 Å². The molecule has 25 heavy (non-hydrogen) atoms. The molecule has 2 fully saturated rings. The van der Waals surface area contributed by atoms with Crippen molar-refractivity contribution in [2.45, 2.75) is 45.1 Å². The SMILES string of the molecule is O=C([C@H]1CCCN(Cc2ccc3c(c2)OCO3)C1)N1CCCCCC1. The van der Waals surface area contributed by atoms with Crippen molar-refractivity contribution < 1.29 is 14.3 Å². The lowest BCUT2D eigenvalue weighted by molar-refractivity contribution is -0.137. The predicted molar refractivity (Wildman–Crippen MR) is 95.6 cm³/mol. The number of ether oxygens (including phenoxy) is 2. The molecule has 0 saturated carbocycles. The second-order valence-corrected chi connectivity index (χ2v) is 7.50. The highest BCUT2D eigenvalue weighted by molar-refractivity contribution is 5.79. The van der Waals surface area contributed by atoms with E-state index < -0.39 is 0 Å². The summed E-state index contributed by atoms with van der Waals surface area (Å²) in [6.07, 6.45) is 7.01. The van der Waals surface area contributed by atoms with Gasteiger partial charge in [-0.15, -0.1) is 0 Å². The van der Waals surface area contributed by atoms with E-state index in [0.717, 1.165) is 57.1 Å². The molecule has 0 unspecified atom stereocenters. The molecule has 3 aliphatic heterocycles. The molecule has 0 aliphatic carbocycles. The van der Waals surface area contributed by atoms with Crippen LogP contribution in [0.4, 0.5) is 0 Å². The largest absolute Gasteiger partial charge is 0.454 e. The first-order valence-corrected chi connectivity index (χ1v) is 9.69. The predicted octanol–water partition coefficient (Wildman–Crippen LogP) is 3.03. The van der Waals surface area contributed by atoms with Gasteiger partial charge in [-0.2, -0.15) is 0 Å². The molecule has 1 aromatic carbocycles. The van der Waals surface area contributed by atoms with Crippen molar-refractivity contribution in [3.05, 3.63) is 23.8 Å². The molecule has 2 saturated heterocycles. The van der Waals surface area contributed by atoms with Crippen molar-refractivity contribution >= 4 is 5.91 Å². The minimum Gasteiger partial charge on any atom is -0.454 e. The first-order valence-electron chi connectivity index (χ1n) is 9.69. The molecule has 0 bridgehead atoms. The fourth-order valence-corrected chi connectivity index (χ4v) is 4.25. The number of benzene rings is 1. The molecule has 0 radical (unpaired) electrons. The van der Waals surface area contributed by atoms with Crippen LogP contribution in [-0.4, -0.2) is 48.7 Å². The summed E-state index contributed by atoms with van der Waals surface area (Å²) in [5, 5.41) is 0. The van der Waals surface area contributed by atoms with Gasteiger partial charge in [0.2, 0.25) is 12.7 Å². The van der Waals surface area contributed by atoms with E-state index in [-0.39, 0.29) is 5.92 Å². The summed E-state index contributed by atoms with van der Waals surface area (Å²) in [6.45, 7) is 5.05. The van der Waals surface area contributed by atoms with Crippen molar-refractivity contribution in [1.82, 2.24) is 9.80 Å². The minimum absolute atomic E-state index is 0.167. The van der Waals surface area contributed by atoms with E-state index in [1.54, 1.807) is 0 Å². The Labute approximate surface area is 149 Å². The summed E-state index contributed by atoms with van der Waals surface area (Å²) in [4.78, 5) is 17.5. The molecule has 0 N–H and O–H groups in total. The van der Waals surface area contributed by atoms with E-state index in [9.17, 15) is 4.79 Å². The van der Waals surface area contributed by atoms with Gasteiger partial charge in [-0.1, -0.05) is 18.9 Å². The molecule has 3 aliphatic rings. The van der Waals surface area contributed by atoms with Gasteiger partial charge < -0.3 is 14.4 Å². The zero-order valence-corrected chi connectivity index (χ0v) is 14.9. The quantitative estimate of drug-likeness (QED) is 0.845. The Morgan fingerprint density at radius 2 is 1.80 bits per heavy atom. The van der Waals surface area contributed by atoms with Gasteiger partial charge in [-0.05, 0) is 49.9 Å². The van der Waals surface area contributed by atoms with E-state index >= 15 is 0 Å². The van der Waals surface area contributed by atoms with Crippen molar-refractivity contribution in [3.8, 4) is 11.5 Å². The van der Waals surface area contributed by atoms with Gasteiger partial charge in [0.25, 0.3) is 0 Å². The first kappa shape index (κ1) is 16.7. The van der Waals surface area contributed by atoms with Crippen LogP contribution in [0.3, 0.4) is 0 Å². The van der Waals surface area contributed by atoms with Crippen molar-refractivity contribution in [2.75, 3.05) is 33.0 Å². The zero-order chi connectivity index (χ0) is 17.1. The maximum atomic E-state index is 12.9. The van der Waals surface area contributed by atoms with Gasteiger partial charge >= 0.3 is 0 Å². The summed E-state index contributed by atoms with van der Waals surface area (Å²) in [5.41, 5.74) is 1.23. The van der Waals surface area contributed by atoms with E-state index in [0.29, 0.717) is 12.7 Å². The van der Waals surface area contributed by atoms with Crippen molar-refractivity contribution in [2.24, 2.45) is 5.92 Å². The van der Waals surface area contributed by atoms with Crippen LogP contribution in [0.2, 0.25) is 0 Å². The van der Waals surface area contributed by atoms with Crippen molar-refractivity contribution in [3.63, 3.8) is 0 Å². The van der Waals surface area contributed by atoms with Crippen LogP contribution in [0.1, 0.15) is 44.1 Å². The van der Waals surface area contributed by atoms with E-state index in [1.165, 1.54) is 31.2 Å². The molecule has 1 aromatic rings. The number of hydrogen-bond donors (Lipinski definition) is 0. The topological polar surface area (TPSA) is 42.0 Å².